The summed E-state index contributed by atoms with van der Waals surface area (Å²) in [6.45, 7) is 0. The maximum Gasteiger partial charge on any atom is 0.259 e. The Morgan fingerprint density at radius 1 is 1.00 bits per heavy atom. The second-order valence-corrected chi connectivity index (χ2v) is 5.91. The third kappa shape index (κ3) is 2.55. The second-order valence-electron chi connectivity index (χ2n) is 5.10. The van der Waals surface area contributed by atoms with E-state index in [0.29, 0.717) is 21.3 Å². The molecule has 1 N–H and O–H groups in total. The summed E-state index contributed by atoms with van der Waals surface area (Å²) in [6.07, 6.45) is 0. The Morgan fingerprint density at radius 2 is 1.83 bits per heavy atom. The number of pyridine rings is 1. The lowest BCUT2D eigenvalue weighted by Gasteiger charge is -2.01. The maximum absolute atomic E-state index is 12.3. The van der Waals surface area contributed by atoms with Crippen LogP contribution in [0.5, 0.6) is 0 Å². The van der Waals surface area contributed by atoms with E-state index in [-0.39, 0.29) is 11.4 Å². The molecule has 0 aliphatic rings. The van der Waals surface area contributed by atoms with Gasteiger partial charge in [0, 0.05) is 5.52 Å². The highest BCUT2D eigenvalue weighted by atomic mass is 35.5. The van der Waals surface area contributed by atoms with Crippen molar-refractivity contribution in [2.24, 2.45) is 0 Å². The van der Waals surface area contributed by atoms with E-state index < -0.39 is 0 Å². The third-order valence-electron chi connectivity index (χ3n) is 3.54. The Bertz CT molecular complexity index is 1120. The molecule has 0 bridgehead atoms. The summed E-state index contributed by atoms with van der Waals surface area (Å²) in [4.78, 5) is 16.4. The first-order chi connectivity index (χ1) is 11.6. The van der Waals surface area contributed by atoms with Crippen molar-refractivity contribution in [1.82, 2.24) is 25.2 Å². The van der Waals surface area contributed by atoms with Gasteiger partial charge in [0.15, 0.2) is 0 Å². The lowest BCUT2D eigenvalue weighted by atomic mass is 10.1. The van der Waals surface area contributed by atoms with Crippen LogP contribution in [0, 0.1) is 0 Å². The number of aromatic nitrogens is 5. The van der Waals surface area contributed by atoms with Crippen molar-refractivity contribution in [3.05, 3.63) is 68.9 Å². The quantitative estimate of drug-likeness (QED) is 0.595. The Kier molecular flexibility index (Phi) is 3.55. The molecule has 2 heterocycles. The van der Waals surface area contributed by atoms with Crippen LogP contribution in [0.15, 0.2) is 53.3 Å². The van der Waals surface area contributed by atoms with Gasteiger partial charge in [-0.15, -0.1) is 15.0 Å². The number of benzene rings is 2. The summed E-state index contributed by atoms with van der Waals surface area (Å²) >= 11 is 11.9. The molecule has 0 fully saturated rings. The molecule has 0 unspecified atom stereocenters. The fourth-order valence-corrected chi connectivity index (χ4v) is 2.65. The molecule has 0 saturated carbocycles. The summed E-state index contributed by atoms with van der Waals surface area (Å²) in [5.41, 5.74) is 1.42. The van der Waals surface area contributed by atoms with Crippen molar-refractivity contribution in [2.75, 3.05) is 0 Å². The number of hydrogen-bond donors (Lipinski definition) is 1. The van der Waals surface area contributed by atoms with Crippen molar-refractivity contribution in [3.8, 4) is 17.1 Å². The molecule has 8 heteroatoms. The lowest BCUT2D eigenvalue weighted by molar-refractivity contribution is 0.720. The molecule has 2 aromatic carbocycles. The van der Waals surface area contributed by atoms with Gasteiger partial charge in [-0.25, -0.2) is 0 Å². The van der Waals surface area contributed by atoms with Crippen molar-refractivity contribution >= 4 is 34.1 Å². The number of para-hydroxylation sites is 1. The predicted molar refractivity (Wildman–Crippen MR) is 92.7 cm³/mol. The standard InChI is InChI=1S/C16H9Cl2N5O/c17-12-6-5-10(8-13(12)18)23-21-15(20-22-23)11-7-9-3-1-2-4-14(9)19-16(11)24/h1-8H,(H,19,24). The number of hydrogen-bond acceptors (Lipinski definition) is 4. The van der Waals surface area contributed by atoms with Crippen molar-refractivity contribution < 1.29 is 0 Å². The normalized spacial score (nSPS) is 11.1. The molecule has 6 nitrogen and oxygen atoms in total. The molecule has 4 aromatic rings. The lowest BCUT2D eigenvalue weighted by Crippen LogP contribution is -2.09. The minimum atomic E-state index is -0.276. The van der Waals surface area contributed by atoms with Gasteiger partial charge >= 0.3 is 0 Å². The zero-order valence-electron chi connectivity index (χ0n) is 12.1. The van der Waals surface area contributed by atoms with Gasteiger partial charge in [0.05, 0.1) is 21.3 Å². The van der Waals surface area contributed by atoms with Crippen LogP contribution in [0.2, 0.25) is 10.0 Å². The molecule has 0 spiro atoms. The highest BCUT2D eigenvalue weighted by molar-refractivity contribution is 6.42. The van der Waals surface area contributed by atoms with Crippen LogP contribution in [0.1, 0.15) is 0 Å². The highest BCUT2D eigenvalue weighted by Crippen LogP contribution is 2.24. The number of nitrogens with zero attached hydrogens (tertiary/aromatic N) is 4. The summed E-state index contributed by atoms with van der Waals surface area (Å²) in [6, 6.07) is 14.2. The van der Waals surface area contributed by atoms with Crippen LogP contribution >= 0.6 is 23.2 Å². The number of fused-ring (bicyclic) bond motifs is 1. The summed E-state index contributed by atoms with van der Waals surface area (Å²) in [7, 11) is 0. The molecule has 0 radical (unpaired) electrons. The van der Waals surface area contributed by atoms with Crippen LogP contribution in [-0.2, 0) is 0 Å². The fourth-order valence-electron chi connectivity index (χ4n) is 2.35. The summed E-state index contributed by atoms with van der Waals surface area (Å²) in [5.74, 6) is 0.230. The Labute approximate surface area is 145 Å². The zero-order chi connectivity index (χ0) is 16.7. The number of aromatic amines is 1. The maximum atomic E-state index is 12.3. The van der Waals surface area contributed by atoms with Crippen LogP contribution in [0.3, 0.4) is 0 Å². The van der Waals surface area contributed by atoms with Crippen LogP contribution in [0.25, 0.3) is 28.0 Å². The zero-order valence-corrected chi connectivity index (χ0v) is 13.6. The Morgan fingerprint density at radius 3 is 2.67 bits per heavy atom. The van der Waals surface area contributed by atoms with Gasteiger partial charge in [0.1, 0.15) is 0 Å². The molecule has 0 saturated heterocycles. The van der Waals surface area contributed by atoms with Crippen LogP contribution in [0.4, 0.5) is 0 Å². The average molecular weight is 358 g/mol. The minimum Gasteiger partial charge on any atom is -0.321 e. The van der Waals surface area contributed by atoms with Gasteiger partial charge < -0.3 is 4.98 Å². The topological polar surface area (TPSA) is 76.5 Å². The largest absolute Gasteiger partial charge is 0.321 e. The van der Waals surface area contributed by atoms with Gasteiger partial charge in [-0.3, -0.25) is 4.79 Å². The predicted octanol–water partition coefficient (Wildman–Crippen LogP) is 3.48. The Hall–Kier alpha value is -2.70. The molecular formula is C16H9Cl2N5O. The van der Waals surface area contributed by atoms with Gasteiger partial charge in [-0.1, -0.05) is 41.4 Å². The Balaban J connectivity index is 1.81. The molecule has 2 aromatic heterocycles. The fraction of sp³-hybridized carbons (Fsp3) is 0. The van der Waals surface area contributed by atoms with E-state index >= 15 is 0 Å². The minimum absolute atomic E-state index is 0.230. The van der Waals surface area contributed by atoms with E-state index in [4.69, 9.17) is 23.2 Å². The first-order valence-corrected chi connectivity index (χ1v) is 7.75. The number of H-pyrrole nitrogens is 1. The van der Waals surface area contributed by atoms with Crippen molar-refractivity contribution in [1.29, 1.82) is 0 Å². The molecule has 0 aliphatic heterocycles. The van der Waals surface area contributed by atoms with Gasteiger partial charge in [0.25, 0.3) is 5.56 Å². The molecular weight excluding hydrogens is 349 g/mol. The van der Waals surface area contributed by atoms with Gasteiger partial charge in [-0.2, -0.15) is 0 Å². The van der Waals surface area contributed by atoms with E-state index in [2.05, 4.69) is 20.4 Å². The van der Waals surface area contributed by atoms with Crippen LogP contribution in [-0.4, -0.2) is 25.2 Å². The number of tetrazole rings is 1. The average Bonchev–Trinajstić information content (AvgIpc) is 3.06. The number of halogens is 2. The number of nitrogens with one attached hydrogen (secondary N) is 1. The second kappa shape index (κ2) is 5.74. The van der Waals surface area contributed by atoms with E-state index in [9.17, 15) is 4.79 Å². The van der Waals surface area contributed by atoms with Gasteiger partial charge in [0.2, 0.25) is 5.82 Å². The van der Waals surface area contributed by atoms with Crippen molar-refractivity contribution in [2.45, 2.75) is 0 Å². The molecule has 118 valence electrons. The van der Waals surface area contributed by atoms with E-state index in [1.165, 1.54) is 4.80 Å². The molecule has 4 rings (SSSR count). The van der Waals surface area contributed by atoms with Crippen LogP contribution < -0.4 is 5.56 Å². The first-order valence-electron chi connectivity index (χ1n) is 7.00. The van der Waals surface area contributed by atoms with E-state index in [0.717, 1.165) is 10.9 Å². The van der Waals surface area contributed by atoms with E-state index in [1.807, 2.05) is 24.3 Å². The molecule has 0 atom stereocenters. The molecule has 24 heavy (non-hydrogen) atoms. The van der Waals surface area contributed by atoms with Crippen molar-refractivity contribution in [3.63, 3.8) is 0 Å². The van der Waals surface area contributed by atoms with Gasteiger partial charge in [-0.05, 0) is 40.9 Å². The monoisotopic (exact) mass is 357 g/mol. The summed E-state index contributed by atoms with van der Waals surface area (Å²) < 4.78 is 0. The number of rotatable bonds is 2. The molecule has 0 aliphatic carbocycles. The third-order valence-corrected chi connectivity index (χ3v) is 4.28. The molecule has 0 amide bonds. The highest BCUT2D eigenvalue weighted by Gasteiger charge is 2.13. The first kappa shape index (κ1) is 14.9. The summed E-state index contributed by atoms with van der Waals surface area (Å²) in [5, 5.41) is 13.9. The van der Waals surface area contributed by atoms with E-state index in [1.54, 1.807) is 24.3 Å². The smallest absolute Gasteiger partial charge is 0.259 e. The SMILES string of the molecule is O=c1[nH]c2ccccc2cc1-c1nnn(-c2ccc(Cl)c(Cl)c2)n1.